The lowest BCUT2D eigenvalue weighted by molar-refractivity contribution is -0.121. The first-order valence-corrected chi connectivity index (χ1v) is 6.31. The van der Waals surface area contributed by atoms with Crippen molar-refractivity contribution in [1.29, 1.82) is 0 Å². The van der Waals surface area contributed by atoms with Crippen molar-refractivity contribution < 1.29 is 10.2 Å². The Morgan fingerprint density at radius 1 is 1.19 bits per heavy atom. The van der Waals surface area contributed by atoms with Crippen LogP contribution in [0, 0.1) is 17.3 Å². The summed E-state index contributed by atoms with van der Waals surface area (Å²) in [6, 6.07) is 0. The number of aliphatic hydroxyl groups excluding tert-OH is 1. The zero-order valence-corrected chi connectivity index (χ0v) is 11.2. The van der Waals surface area contributed by atoms with E-state index in [9.17, 15) is 10.2 Å². The van der Waals surface area contributed by atoms with Gasteiger partial charge in [-0.15, -0.1) is 0 Å². The summed E-state index contributed by atoms with van der Waals surface area (Å²) in [5.74, 6) is 0.737. The molecule has 2 nitrogen and oxygen atoms in total. The summed E-state index contributed by atoms with van der Waals surface area (Å²) in [5, 5.41) is 20.2. The molecule has 4 atom stereocenters. The predicted octanol–water partition coefficient (Wildman–Crippen LogP) is 2.75. The monoisotopic (exact) mass is 226 g/mol. The first kappa shape index (κ1) is 13.7. The van der Waals surface area contributed by atoms with Crippen molar-refractivity contribution >= 4 is 0 Å². The highest BCUT2D eigenvalue weighted by Crippen LogP contribution is 2.51. The van der Waals surface area contributed by atoms with Crippen molar-refractivity contribution in [2.45, 2.75) is 59.2 Å². The molecule has 2 unspecified atom stereocenters. The first-order chi connectivity index (χ1) is 7.22. The van der Waals surface area contributed by atoms with Crippen LogP contribution in [0.15, 0.2) is 12.2 Å². The van der Waals surface area contributed by atoms with Crippen LogP contribution in [0.1, 0.15) is 47.5 Å². The summed E-state index contributed by atoms with van der Waals surface area (Å²) in [5.41, 5.74) is -0.947. The summed E-state index contributed by atoms with van der Waals surface area (Å²) < 4.78 is 0. The van der Waals surface area contributed by atoms with Gasteiger partial charge in [0, 0.05) is 0 Å². The Hall–Kier alpha value is -0.340. The Balaban J connectivity index is 3.03. The molecule has 1 fully saturated rings. The number of hydrogen-bond donors (Lipinski definition) is 2. The van der Waals surface area contributed by atoms with E-state index in [-0.39, 0.29) is 11.3 Å². The Morgan fingerprint density at radius 2 is 1.69 bits per heavy atom. The average molecular weight is 226 g/mol. The molecular weight excluding hydrogens is 200 g/mol. The zero-order chi connectivity index (χ0) is 12.6. The Kier molecular flexibility index (Phi) is 3.86. The normalized spacial score (nSPS) is 41.2. The van der Waals surface area contributed by atoms with E-state index in [1.54, 1.807) is 13.0 Å². The molecule has 0 aromatic rings. The molecule has 0 aliphatic heterocycles. The summed E-state index contributed by atoms with van der Waals surface area (Å²) in [6.45, 7) is 10.3. The molecule has 0 radical (unpaired) electrons. The minimum absolute atomic E-state index is 0.143. The predicted molar refractivity (Wildman–Crippen MR) is 67.1 cm³/mol. The van der Waals surface area contributed by atoms with Gasteiger partial charge in [0.2, 0.25) is 0 Å². The number of hydrogen-bond acceptors (Lipinski definition) is 2. The van der Waals surface area contributed by atoms with Gasteiger partial charge in [-0.2, -0.15) is 0 Å². The molecular formula is C14H26O2. The van der Waals surface area contributed by atoms with E-state index in [2.05, 4.69) is 27.7 Å². The van der Waals surface area contributed by atoms with Crippen molar-refractivity contribution in [3.8, 4) is 0 Å². The van der Waals surface area contributed by atoms with Crippen molar-refractivity contribution in [3.63, 3.8) is 0 Å². The third-order valence-electron chi connectivity index (χ3n) is 4.68. The van der Waals surface area contributed by atoms with Crippen LogP contribution in [0.3, 0.4) is 0 Å². The maximum Gasteiger partial charge on any atom is 0.0907 e. The van der Waals surface area contributed by atoms with E-state index >= 15 is 0 Å². The van der Waals surface area contributed by atoms with E-state index in [0.717, 1.165) is 6.42 Å². The summed E-state index contributed by atoms with van der Waals surface area (Å²) in [4.78, 5) is 0. The minimum Gasteiger partial charge on any atom is -0.389 e. The topological polar surface area (TPSA) is 40.5 Å². The van der Waals surface area contributed by atoms with Crippen LogP contribution in [-0.2, 0) is 0 Å². The van der Waals surface area contributed by atoms with Crippen LogP contribution in [0.2, 0.25) is 0 Å². The molecule has 0 bridgehead atoms. The fraction of sp³-hybridized carbons (Fsp3) is 0.857. The highest BCUT2D eigenvalue weighted by molar-refractivity contribution is 5.15. The van der Waals surface area contributed by atoms with Gasteiger partial charge in [-0.1, -0.05) is 39.8 Å². The molecule has 0 saturated heterocycles. The second-order valence-corrected chi connectivity index (χ2v) is 6.03. The van der Waals surface area contributed by atoms with Crippen LogP contribution in [0.4, 0.5) is 0 Å². The van der Waals surface area contributed by atoms with Crippen molar-refractivity contribution in [1.82, 2.24) is 0 Å². The third-order valence-corrected chi connectivity index (χ3v) is 4.68. The average Bonchev–Trinajstić information content (AvgIpc) is 2.19. The zero-order valence-electron chi connectivity index (χ0n) is 11.2. The molecule has 1 rings (SSSR count). The second kappa shape index (κ2) is 4.50. The fourth-order valence-electron chi connectivity index (χ4n) is 2.78. The Morgan fingerprint density at radius 3 is 2.19 bits per heavy atom. The largest absolute Gasteiger partial charge is 0.389 e. The number of aliphatic hydroxyl groups is 2. The van der Waals surface area contributed by atoms with Gasteiger partial charge in [-0.05, 0) is 37.0 Å². The Bertz CT molecular complexity index is 268. The molecule has 0 aromatic heterocycles. The quantitative estimate of drug-likeness (QED) is 0.711. The van der Waals surface area contributed by atoms with Crippen LogP contribution in [-0.4, -0.2) is 21.9 Å². The Labute approximate surface area is 99.4 Å². The lowest BCUT2D eigenvalue weighted by Gasteiger charge is -2.52. The minimum atomic E-state index is -0.804. The van der Waals surface area contributed by atoms with Gasteiger partial charge in [0.15, 0.2) is 0 Å². The molecule has 0 amide bonds. The lowest BCUT2D eigenvalue weighted by atomic mass is 9.56. The highest BCUT2D eigenvalue weighted by Gasteiger charge is 2.51. The SMILES string of the molecule is CC(O)/C=C\C1(O)[C@H](C)CC[C@@H](C)C1(C)C. The van der Waals surface area contributed by atoms with Crippen LogP contribution in [0.25, 0.3) is 0 Å². The lowest BCUT2D eigenvalue weighted by Crippen LogP contribution is -2.54. The van der Waals surface area contributed by atoms with Crippen molar-refractivity contribution in [2.24, 2.45) is 17.3 Å². The molecule has 0 aromatic carbocycles. The summed E-state index contributed by atoms with van der Waals surface area (Å²) in [6.07, 6.45) is 5.24. The molecule has 94 valence electrons. The van der Waals surface area contributed by atoms with Crippen LogP contribution in [0.5, 0.6) is 0 Å². The van der Waals surface area contributed by atoms with Crippen LogP contribution >= 0.6 is 0 Å². The van der Waals surface area contributed by atoms with Gasteiger partial charge < -0.3 is 10.2 Å². The number of rotatable bonds is 2. The van der Waals surface area contributed by atoms with Gasteiger partial charge in [-0.3, -0.25) is 0 Å². The molecule has 2 N–H and O–H groups in total. The van der Waals surface area contributed by atoms with E-state index < -0.39 is 11.7 Å². The molecule has 0 spiro atoms. The first-order valence-electron chi connectivity index (χ1n) is 6.31. The van der Waals surface area contributed by atoms with E-state index in [0.29, 0.717) is 5.92 Å². The molecule has 16 heavy (non-hydrogen) atoms. The van der Waals surface area contributed by atoms with Gasteiger partial charge in [-0.25, -0.2) is 0 Å². The standard InChI is InChI=1S/C14H26O2/c1-10-6-7-11(2)14(16,13(10,4)5)9-8-12(3)15/h8-12,15-16H,6-7H2,1-5H3/b9-8-/t10-,11-,12?,14?/m1/s1. The summed E-state index contributed by atoms with van der Waals surface area (Å²) >= 11 is 0. The third kappa shape index (κ3) is 2.18. The van der Waals surface area contributed by atoms with Crippen molar-refractivity contribution in [3.05, 3.63) is 12.2 Å². The highest BCUT2D eigenvalue weighted by atomic mass is 16.3. The van der Waals surface area contributed by atoms with Crippen LogP contribution < -0.4 is 0 Å². The maximum atomic E-state index is 10.9. The van der Waals surface area contributed by atoms with Crippen molar-refractivity contribution in [2.75, 3.05) is 0 Å². The van der Waals surface area contributed by atoms with Gasteiger partial charge in [0.05, 0.1) is 11.7 Å². The van der Waals surface area contributed by atoms with E-state index in [1.165, 1.54) is 6.42 Å². The second-order valence-electron chi connectivity index (χ2n) is 6.03. The van der Waals surface area contributed by atoms with Gasteiger partial charge in [0.1, 0.15) is 0 Å². The van der Waals surface area contributed by atoms with Gasteiger partial charge in [0.25, 0.3) is 0 Å². The molecule has 2 heteroatoms. The summed E-state index contributed by atoms with van der Waals surface area (Å²) in [7, 11) is 0. The van der Waals surface area contributed by atoms with Gasteiger partial charge >= 0.3 is 0 Å². The molecule has 1 aliphatic rings. The molecule has 1 aliphatic carbocycles. The van der Waals surface area contributed by atoms with E-state index in [1.807, 2.05) is 6.08 Å². The fourth-order valence-corrected chi connectivity index (χ4v) is 2.78. The molecule has 0 heterocycles. The maximum absolute atomic E-state index is 10.9. The molecule has 1 saturated carbocycles. The van der Waals surface area contributed by atoms with E-state index in [4.69, 9.17) is 0 Å². The smallest absolute Gasteiger partial charge is 0.0907 e.